The number of anilines is 2. The van der Waals surface area contributed by atoms with Crippen molar-refractivity contribution < 1.29 is 14.3 Å². The smallest absolute Gasteiger partial charge is 0.399 e. The molecular formula is C46H62N4O3S2. The molecule has 0 fully saturated rings. The van der Waals surface area contributed by atoms with Crippen molar-refractivity contribution in [3.05, 3.63) is 120 Å². The number of likely N-dealkylation sites (N-methyl/N-ethyl adjacent to an activating group) is 2. The predicted molar refractivity (Wildman–Crippen MR) is 234 cm³/mol. The fraction of sp³-hybridized carbons (Fsp3) is 0.435. The van der Waals surface area contributed by atoms with Gasteiger partial charge in [-0.3, -0.25) is 4.79 Å². The van der Waals surface area contributed by atoms with Gasteiger partial charge in [-0.2, -0.15) is 0 Å². The van der Waals surface area contributed by atoms with E-state index >= 15 is 0 Å². The maximum Gasteiger partial charge on any atom is 0.399 e. The van der Waals surface area contributed by atoms with Crippen LogP contribution in [0.3, 0.4) is 0 Å². The third-order valence-electron chi connectivity index (χ3n) is 9.27. The van der Waals surface area contributed by atoms with E-state index in [1.54, 1.807) is 4.90 Å². The number of rotatable bonds is 23. The van der Waals surface area contributed by atoms with Gasteiger partial charge in [0.1, 0.15) is 0 Å². The Labute approximate surface area is 339 Å². The zero-order valence-corrected chi connectivity index (χ0v) is 35.4. The Kier molecular flexibility index (Phi) is 19.2. The third-order valence-corrected chi connectivity index (χ3v) is 11.5. The number of carbonyl (C=O) groups excluding carboxylic acids is 2. The molecule has 0 aliphatic heterocycles. The molecule has 7 nitrogen and oxygen atoms in total. The van der Waals surface area contributed by atoms with Crippen LogP contribution in [0.1, 0.15) is 51.7 Å². The lowest BCUT2D eigenvalue weighted by molar-refractivity contribution is -0.158. The second kappa shape index (κ2) is 24.0. The first-order valence-corrected chi connectivity index (χ1v) is 21.7. The number of esters is 1. The van der Waals surface area contributed by atoms with Crippen molar-refractivity contribution in [1.82, 2.24) is 9.80 Å². The first kappa shape index (κ1) is 44.0. The molecule has 55 heavy (non-hydrogen) atoms. The highest BCUT2D eigenvalue weighted by atomic mass is 32.2. The summed E-state index contributed by atoms with van der Waals surface area (Å²) in [4.78, 5) is 35.6. The van der Waals surface area contributed by atoms with E-state index in [-0.39, 0.29) is 11.8 Å². The molecule has 0 aromatic heterocycles. The molecule has 4 aromatic rings. The quantitative estimate of drug-likeness (QED) is 0.0263. The number of nitrogens with zero attached hydrogens (tertiary/aromatic N) is 3. The van der Waals surface area contributed by atoms with E-state index in [0.29, 0.717) is 12.2 Å². The molecule has 0 radical (unpaired) electrons. The lowest BCUT2D eigenvalue weighted by Crippen LogP contribution is -2.43. The zero-order chi connectivity index (χ0) is 39.4. The van der Waals surface area contributed by atoms with Crippen molar-refractivity contribution in [3.8, 4) is 0 Å². The molecule has 0 aliphatic rings. The maximum absolute atomic E-state index is 13.6. The highest BCUT2D eigenvalue weighted by Gasteiger charge is 2.29. The Balaban J connectivity index is 1.21. The summed E-state index contributed by atoms with van der Waals surface area (Å²) in [5.41, 5.74) is 4.29. The van der Waals surface area contributed by atoms with E-state index in [1.807, 2.05) is 87.6 Å². The van der Waals surface area contributed by atoms with Gasteiger partial charge in [0, 0.05) is 46.7 Å². The molecule has 4 rings (SSSR count). The number of nitrogens with one attached hydrogen (secondary N) is 1. The van der Waals surface area contributed by atoms with Gasteiger partial charge >= 0.3 is 11.9 Å². The van der Waals surface area contributed by atoms with Crippen LogP contribution in [0.15, 0.2) is 119 Å². The summed E-state index contributed by atoms with van der Waals surface area (Å²) in [5, 5.41) is 3.34. The van der Waals surface area contributed by atoms with Gasteiger partial charge in [-0.1, -0.05) is 88.4 Å². The molecule has 1 atom stereocenters. The van der Waals surface area contributed by atoms with E-state index in [2.05, 4.69) is 102 Å². The topological polar surface area (TPSA) is 65.1 Å². The molecule has 4 aromatic carbocycles. The summed E-state index contributed by atoms with van der Waals surface area (Å²) in [6, 6.07) is 37.4. The lowest BCUT2D eigenvalue weighted by Gasteiger charge is -2.27. The van der Waals surface area contributed by atoms with Crippen molar-refractivity contribution >= 4 is 46.8 Å². The number of benzene rings is 4. The molecule has 296 valence electrons. The fourth-order valence-corrected chi connectivity index (χ4v) is 7.69. The van der Waals surface area contributed by atoms with Crippen LogP contribution in [0.25, 0.3) is 0 Å². The van der Waals surface area contributed by atoms with Crippen LogP contribution >= 0.6 is 23.5 Å². The van der Waals surface area contributed by atoms with Gasteiger partial charge in [0.2, 0.25) is 0 Å². The minimum absolute atomic E-state index is 0.0526. The number of amides is 1. The van der Waals surface area contributed by atoms with E-state index in [4.69, 9.17) is 4.74 Å². The molecule has 0 bridgehead atoms. The minimum atomic E-state index is -0.859. The number of ether oxygens (including phenoxy) is 1. The largest absolute Gasteiger partial charge is 0.434 e. The van der Waals surface area contributed by atoms with Crippen LogP contribution in [-0.2, 0) is 27.2 Å². The number of thioether (sulfide) groups is 2. The van der Waals surface area contributed by atoms with E-state index in [0.717, 1.165) is 74.0 Å². The minimum Gasteiger partial charge on any atom is -0.434 e. The van der Waals surface area contributed by atoms with Crippen LogP contribution in [-0.4, -0.2) is 86.2 Å². The van der Waals surface area contributed by atoms with E-state index in [1.165, 1.54) is 16.0 Å². The Hall–Kier alpha value is -3.76. The summed E-state index contributed by atoms with van der Waals surface area (Å²) in [5.74, 6) is 0.650. The number of hydrogen-bond donors (Lipinski definition) is 1. The van der Waals surface area contributed by atoms with Crippen molar-refractivity contribution in [1.29, 1.82) is 0 Å². The van der Waals surface area contributed by atoms with Crippen LogP contribution in [0.2, 0.25) is 0 Å². The van der Waals surface area contributed by atoms with Gasteiger partial charge in [-0.25, -0.2) is 4.79 Å². The highest BCUT2D eigenvalue weighted by molar-refractivity contribution is 7.99. The molecular weight excluding hydrogens is 721 g/mol. The van der Waals surface area contributed by atoms with Gasteiger partial charge < -0.3 is 24.8 Å². The van der Waals surface area contributed by atoms with E-state index in [9.17, 15) is 9.59 Å². The van der Waals surface area contributed by atoms with Crippen molar-refractivity contribution in [2.75, 3.05) is 68.5 Å². The molecule has 0 aliphatic carbocycles. The average molecular weight is 783 g/mol. The first-order chi connectivity index (χ1) is 26.6. The normalized spacial score (nSPS) is 12.0. The Morgan fingerprint density at radius 1 is 0.636 bits per heavy atom. The predicted octanol–water partition coefficient (Wildman–Crippen LogP) is 9.63. The Morgan fingerprint density at radius 2 is 1.11 bits per heavy atom. The summed E-state index contributed by atoms with van der Waals surface area (Å²) >= 11 is 3.66. The van der Waals surface area contributed by atoms with Gasteiger partial charge in [-0.15, -0.1) is 23.5 Å². The highest BCUT2D eigenvalue weighted by Crippen LogP contribution is 2.26. The molecule has 0 saturated carbocycles. The lowest BCUT2D eigenvalue weighted by atomic mass is 10.1. The monoisotopic (exact) mass is 782 g/mol. The number of hydrogen-bond acceptors (Lipinski definition) is 8. The summed E-state index contributed by atoms with van der Waals surface area (Å²) in [6.07, 6.45) is 3.67. The Bertz CT molecular complexity index is 1670. The van der Waals surface area contributed by atoms with Gasteiger partial charge in [0.25, 0.3) is 0 Å². The first-order valence-electron chi connectivity index (χ1n) is 19.8. The van der Waals surface area contributed by atoms with Crippen LogP contribution < -0.4 is 10.2 Å². The SMILES string of the molecule is CC(C)CN(C(=O)C(=O)OC(Nc1ccc(SCCCN(C)CCc2ccccc2)cc1)C(C)C)c1ccc(SCCCN(C)CCc2ccccc2)cc1. The van der Waals surface area contributed by atoms with Crippen molar-refractivity contribution in [2.24, 2.45) is 11.8 Å². The molecule has 0 saturated heterocycles. The molecule has 0 heterocycles. The van der Waals surface area contributed by atoms with Crippen molar-refractivity contribution in [2.45, 2.75) is 69.4 Å². The Morgan fingerprint density at radius 3 is 1.56 bits per heavy atom. The van der Waals surface area contributed by atoms with Gasteiger partial charge in [0.15, 0.2) is 6.23 Å². The molecule has 1 N–H and O–H groups in total. The second-order valence-corrected chi connectivity index (χ2v) is 17.4. The summed E-state index contributed by atoms with van der Waals surface area (Å²) in [6.45, 7) is 12.6. The summed E-state index contributed by atoms with van der Waals surface area (Å²) < 4.78 is 5.83. The number of carbonyl (C=O) groups is 2. The standard InChI is InChI=1S/C46H62N4O3S2/c1-36(2)35-50(41-21-25-43(26-22-41)55-34-14-30-49(6)32-28-39-17-11-8-12-18-39)45(51)46(52)53-44(37(3)4)47-40-19-23-42(24-20-40)54-33-13-29-48(5)31-27-38-15-9-7-10-16-38/h7-12,15-26,36-37,44,47H,13-14,27-35H2,1-6H3. The molecule has 9 heteroatoms. The zero-order valence-electron chi connectivity index (χ0n) is 33.8. The molecule has 0 spiro atoms. The second-order valence-electron chi connectivity index (χ2n) is 15.0. The van der Waals surface area contributed by atoms with Crippen LogP contribution in [0, 0.1) is 11.8 Å². The maximum atomic E-state index is 13.6. The third kappa shape index (κ3) is 16.5. The molecule has 1 amide bonds. The van der Waals surface area contributed by atoms with Gasteiger partial charge in [0.05, 0.1) is 0 Å². The van der Waals surface area contributed by atoms with Crippen LogP contribution in [0.5, 0.6) is 0 Å². The summed E-state index contributed by atoms with van der Waals surface area (Å²) in [7, 11) is 4.37. The molecule has 1 unspecified atom stereocenters. The van der Waals surface area contributed by atoms with E-state index < -0.39 is 18.1 Å². The van der Waals surface area contributed by atoms with Crippen LogP contribution in [0.4, 0.5) is 11.4 Å². The van der Waals surface area contributed by atoms with Crippen molar-refractivity contribution in [3.63, 3.8) is 0 Å². The van der Waals surface area contributed by atoms with Gasteiger partial charge in [-0.05, 0) is 130 Å². The fourth-order valence-electron chi connectivity index (χ4n) is 6.01. The average Bonchev–Trinajstić information content (AvgIpc) is 3.19.